The van der Waals surface area contributed by atoms with E-state index in [0.29, 0.717) is 18.8 Å². The zero-order valence-electron chi connectivity index (χ0n) is 14.9. The van der Waals surface area contributed by atoms with Crippen molar-refractivity contribution in [3.63, 3.8) is 0 Å². The Morgan fingerprint density at radius 3 is 2.54 bits per heavy atom. The highest BCUT2D eigenvalue weighted by atomic mass is 16.5. The summed E-state index contributed by atoms with van der Waals surface area (Å²) in [5.41, 5.74) is 1.69. The minimum absolute atomic E-state index is 0.243. The minimum Gasteiger partial charge on any atom is -0.494 e. The van der Waals surface area contributed by atoms with Gasteiger partial charge in [0.25, 0.3) is 0 Å². The van der Waals surface area contributed by atoms with Crippen LogP contribution in [0, 0.1) is 5.92 Å². The van der Waals surface area contributed by atoms with Gasteiger partial charge >= 0.3 is 5.97 Å². The van der Waals surface area contributed by atoms with Gasteiger partial charge in [-0.1, -0.05) is 12.1 Å². The van der Waals surface area contributed by atoms with Crippen LogP contribution in [0.4, 0.5) is 0 Å². The zero-order chi connectivity index (χ0) is 18.5. The number of carbonyl (C=O) groups excluding carboxylic acids is 2. The topological polar surface area (TPSA) is 65.7 Å². The van der Waals surface area contributed by atoms with Crippen molar-refractivity contribution in [3.05, 3.63) is 60.1 Å². The molecule has 2 atom stereocenters. The van der Waals surface area contributed by atoms with Gasteiger partial charge in [-0.2, -0.15) is 0 Å². The molecule has 26 heavy (non-hydrogen) atoms. The average molecular weight is 354 g/mol. The smallest absolute Gasteiger partial charge is 0.317 e. The standard InChI is InChI=1S/C21H22O5/c1-3-24-16-9-7-14(8-10-16)17-12-15(19-6-5-11-26-19)13-18(22)20(17)21(23)25-4-2/h5-11,13,17,20H,3-4,12H2,1-2H3/t17-,20-/m0/s1. The molecule has 0 unspecified atom stereocenters. The van der Waals surface area contributed by atoms with Gasteiger partial charge in [-0.25, -0.2) is 0 Å². The Bertz CT molecular complexity index is 786. The largest absolute Gasteiger partial charge is 0.494 e. The fourth-order valence-electron chi connectivity index (χ4n) is 3.31. The van der Waals surface area contributed by atoms with Gasteiger partial charge in [-0.3, -0.25) is 9.59 Å². The van der Waals surface area contributed by atoms with E-state index in [1.54, 1.807) is 19.3 Å². The van der Waals surface area contributed by atoms with E-state index in [0.717, 1.165) is 16.9 Å². The second kappa shape index (κ2) is 8.04. The molecule has 2 aromatic rings. The van der Waals surface area contributed by atoms with Crippen molar-refractivity contribution in [1.82, 2.24) is 0 Å². The lowest BCUT2D eigenvalue weighted by Gasteiger charge is -2.28. The Balaban J connectivity index is 1.95. The molecular formula is C21H22O5. The summed E-state index contributed by atoms with van der Waals surface area (Å²) in [5, 5.41) is 0. The predicted octanol–water partition coefficient (Wildman–Crippen LogP) is 4.00. The molecule has 3 rings (SSSR count). The first-order valence-corrected chi connectivity index (χ1v) is 8.81. The number of allylic oxidation sites excluding steroid dienone is 2. The summed E-state index contributed by atoms with van der Waals surface area (Å²) in [4.78, 5) is 25.2. The van der Waals surface area contributed by atoms with Gasteiger partial charge in [0.05, 0.1) is 19.5 Å². The van der Waals surface area contributed by atoms with E-state index in [1.165, 1.54) is 6.08 Å². The maximum absolute atomic E-state index is 12.7. The van der Waals surface area contributed by atoms with Crippen LogP contribution >= 0.6 is 0 Å². The van der Waals surface area contributed by atoms with Gasteiger partial charge in [0.1, 0.15) is 17.4 Å². The Morgan fingerprint density at radius 1 is 1.15 bits per heavy atom. The third-order valence-corrected chi connectivity index (χ3v) is 4.46. The molecule has 0 amide bonds. The van der Waals surface area contributed by atoms with Gasteiger partial charge in [0, 0.05) is 5.92 Å². The van der Waals surface area contributed by atoms with Gasteiger partial charge < -0.3 is 13.9 Å². The van der Waals surface area contributed by atoms with Crippen LogP contribution in [0.5, 0.6) is 5.75 Å². The lowest BCUT2D eigenvalue weighted by atomic mass is 9.74. The minimum atomic E-state index is -0.841. The summed E-state index contributed by atoms with van der Waals surface area (Å²) < 4.78 is 16.1. The molecule has 1 aromatic carbocycles. The lowest BCUT2D eigenvalue weighted by molar-refractivity contribution is -0.151. The van der Waals surface area contributed by atoms with Crippen LogP contribution in [0.15, 0.2) is 53.2 Å². The number of esters is 1. The third kappa shape index (κ3) is 3.72. The highest BCUT2D eigenvalue weighted by Gasteiger charge is 2.40. The Labute approximate surface area is 152 Å². The van der Waals surface area contributed by atoms with Crippen LogP contribution in [0.25, 0.3) is 5.57 Å². The van der Waals surface area contributed by atoms with E-state index in [-0.39, 0.29) is 18.3 Å². The van der Waals surface area contributed by atoms with Crippen molar-refractivity contribution in [3.8, 4) is 5.75 Å². The van der Waals surface area contributed by atoms with Crippen LogP contribution in [0.3, 0.4) is 0 Å². The summed E-state index contributed by atoms with van der Waals surface area (Å²) in [7, 11) is 0. The molecule has 0 saturated carbocycles. The SMILES string of the molecule is CCOC(=O)[C@@H]1C(=O)C=C(c2ccco2)C[C@H]1c1ccc(OCC)cc1. The molecule has 0 radical (unpaired) electrons. The van der Waals surface area contributed by atoms with E-state index in [9.17, 15) is 9.59 Å². The molecule has 1 aromatic heterocycles. The van der Waals surface area contributed by atoms with Gasteiger partial charge in [0.15, 0.2) is 5.78 Å². The quantitative estimate of drug-likeness (QED) is 0.579. The maximum Gasteiger partial charge on any atom is 0.317 e. The summed E-state index contributed by atoms with van der Waals surface area (Å²) >= 11 is 0. The number of ether oxygens (including phenoxy) is 2. The van der Waals surface area contributed by atoms with E-state index in [1.807, 2.05) is 37.3 Å². The average Bonchev–Trinajstić information content (AvgIpc) is 3.17. The first-order valence-electron chi connectivity index (χ1n) is 8.81. The van der Waals surface area contributed by atoms with Crippen LogP contribution < -0.4 is 4.74 Å². The number of carbonyl (C=O) groups is 2. The lowest BCUT2D eigenvalue weighted by Crippen LogP contribution is -2.33. The van der Waals surface area contributed by atoms with Gasteiger partial charge in [-0.15, -0.1) is 0 Å². The molecule has 0 spiro atoms. The molecule has 0 aliphatic heterocycles. The third-order valence-electron chi connectivity index (χ3n) is 4.46. The van der Waals surface area contributed by atoms with Crippen molar-refractivity contribution < 1.29 is 23.5 Å². The van der Waals surface area contributed by atoms with E-state index in [4.69, 9.17) is 13.9 Å². The van der Waals surface area contributed by atoms with Crippen LogP contribution in [-0.2, 0) is 14.3 Å². The number of furan rings is 1. The maximum atomic E-state index is 12.7. The van der Waals surface area contributed by atoms with Crippen molar-refractivity contribution in [1.29, 1.82) is 0 Å². The van der Waals surface area contributed by atoms with Crippen molar-refractivity contribution in [2.45, 2.75) is 26.2 Å². The molecule has 0 fully saturated rings. The first-order chi connectivity index (χ1) is 12.6. The summed E-state index contributed by atoms with van der Waals surface area (Å²) in [6.07, 6.45) is 3.60. The van der Waals surface area contributed by atoms with E-state index in [2.05, 4.69) is 0 Å². The summed E-state index contributed by atoms with van der Waals surface area (Å²) in [6, 6.07) is 11.1. The molecule has 1 heterocycles. The monoisotopic (exact) mass is 354 g/mol. The number of rotatable bonds is 6. The molecule has 0 bridgehead atoms. The molecule has 1 aliphatic rings. The van der Waals surface area contributed by atoms with E-state index >= 15 is 0 Å². The van der Waals surface area contributed by atoms with Crippen LogP contribution in [-0.4, -0.2) is 25.0 Å². The highest BCUT2D eigenvalue weighted by Crippen LogP contribution is 2.40. The Morgan fingerprint density at radius 2 is 1.92 bits per heavy atom. The molecule has 0 N–H and O–H groups in total. The number of benzene rings is 1. The number of ketones is 1. The van der Waals surface area contributed by atoms with Crippen molar-refractivity contribution in [2.75, 3.05) is 13.2 Å². The van der Waals surface area contributed by atoms with Crippen LogP contribution in [0.1, 0.15) is 37.5 Å². The van der Waals surface area contributed by atoms with Crippen LogP contribution in [0.2, 0.25) is 0 Å². The molecule has 1 aliphatic carbocycles. The molecule has 0 saturated heterocycles. The molecule has 5 nitrogen and oxygen atoms in total. The second-order valence-electron chi connectivity index (χ2n) is 6.09. The highest BCUT2D eigenvalue weighted by molar-refractivity contribution is 6.10. The first kappa shape index (κ1) is 18.0. The molecule has 136 valence electrons. The zero-order valence-corrected chi connectivity index (χ0v) is 14.9. The summed E-state index contributed by atoms with van der Waals surface area (Å²) in [5.74, 6) is -0.468. The summed E-state index contributed by atoms with van der Waals surface area (Å²) in [6.45, 7) is 4.48. The van der Waals surface area contributed by atoms with Crippen molar-refractivity contribution >= 4 is 17.3 Å². The normalized spacial score (nSPS) is 19.8. The van der Waals surface area contributed by atoms with Gasteiger partial charge in [0.2, 0.25) is 0 Å². The number of hydrogen-bond acceptors (Lipinski definition) is 5. The van der Waals surface area contributed by atoms with Crippen molar-refractivity contribution in [2.24, 2.45) is 5.92 Å². The second-order valence-corrected chi connectivity index (χ2v) is 6.09. The Hall–Kier alpha value is -2.82. The van der Waals surface area contributed by atoms with Gasteiger partial charge in [-0.05, 0) is 61.7 Å². The molecule has 5 heteroatoms. The Kier molecular flexibility index (Phi) is 5.56. The fourth-order valence-corrected chi connectivity index (χ4v) is 3.31. The van der Waals surface area contributed by atoms with E-state index < -0.39 is 11.9 Å². The number of hydrogen-bond donors (Lipinski definition) is 0. The fraction of sp³-hybridized carbons (Fsp3) is 0.333. The molecular weight excluding hydrogens is 332 g/mol. The predicted molar refractivity (Wildman–Crippen MR) is 96.8 cm³/mol.